The van der Waals surface area contributed by atoms with E-state index in [0.717, 1.165) is 12.1 Å². The molecule has 1 atom stereocenters. The van der Waals surface area contributed by atoms with Crippen LogP contribution in [0, 0.1) is 24.4 Å². The van der Waals surface area contributed by atoms with Crippen LogP contribution in [0.1, 0.15) is 11.1 Å². The highest BCUT2D eigenvalue weighted by Crippen LogP contribution is 2.38. The minimum atomic E-state index is -4.94. The molecular weight excluding hydrogens is 380 g/mol. The Morgan fingerprint density at radius 3 is 2.15 bits per heavy atom. The van der Waals surface area contributed by atoms with Crippen LogP contribution in [0.2, 0.25) is 0 Å². The lowest BCUT2D eigenvalue weighted by atomic mass is 10.1. The minimum absolute atomic E-state index is 0.0472. The maximum Gasteiger partial charge on any atom is 0.416 e. The Balaban J connectivity index is 2.40. The van der Waals surface area contributed by atoms with Gasteiger partial charge in [-0.25, -0.2) is 13.2 Å². The second kappa shape index (κ2) is 8.05. The molecule has 2 aromatic rings. The smallest absolute Gasteiger partial charge is 0.416 e. The Bertz CT molecular complexity index is 802. The van der Waals surface area contributed by atoms with Crippen molar-refractivity contribution in [2.45, 2.75) is 19.2 Å². The van der Waals surface area contributed by atoms with E-state index in [1.54, 1.807) is 0 Å². The first-order chi connectivity index (χ1) is 12.5. The van der Waals surface area contributed by atoms with E-state index in [9.17, 15) is 31.4 Å². The Labute approximate surface area is 150 Å². The van der Waals surface area contributed by atoms with Gasteiger partial charge >= 0.3 is 6.18 Å². The number of ether oxygens (including phenoxy) is 1. The largest absolute Gasteiger partial charge is 0.449 e. The van der Waals surface area contributed by atoms with Crippen molar-refractivity contribution in [3.8, 4) is 11.5 Å². The van der Waals surface area contributed by atoms with Crippen molar-refractivity contribution in [2.75, 3.05) is 18.5 Å². The Hall–Kier alpha value is -2.46. The summed E-state index contributed by atoms with van der Waals surface area (Å²) in [5.74, 6) is -5.26. The molecule has 10 heteroatoms. The number of aliphatic hydroxyl groups is 2. The summed E-state index contributed by atoms with van der Waals surface area (Å²) in [4.78, 5) is 0. The zero-order valence-corrected chi connectivity index (χ0v) is 13.9. The minimum Gasteiger partial charge on any atom is -0.449 e. The molecule has 2 aromatic carbocycles. The van der Waals surface area contributed by atoms with Gasteiger partial charge in [0.1, 0.15) is 5.82 Å². The predicted octanol–water partition coefficient (Wildman–Crippen LogP) is 3.99. The van der Waals surface area contributed by atoms with Crippen LogP contribution in [-0.4, -0.2) is 29.5 Å². The van der Waals surface area contributed by atoms with Crippen molar-refractivity contribution in [3.63, 3.8) is 0 Å². The third-order valence-electron chi connectivity index (χ3n) is 3.54. The van der Waals surface area contributed by atoms with Crippen LogP contribution >= 0.6 is 0 Å². The van der Waals surface area contributed by atoms with Gasteiger partial charge in [0.2, 0.25) is 0 Å². The third-order valence-corrected chi connectivity index (χ3v) is 3.54. The molecule has 0 aliphatic heterocycles. The lowest BCUT2D eigenvalue weighted by molar-refractivity contribution is -0.138. The molecule has 0 amide bonds. The number of anilines is 1. The highest BCUT2D eigenvalue weighted by molar-refractivity contribution is 5.59. The molecule has 0 saturated heterocycles. The molecule has 148 valence electrons. The fourth-order valence-electron chi connectivity index (χ4n) is 2.10. The zero-order chi connectivity index (χ0) is 20.4. The molecule has 0 saturated carbocycles. The topological polar surface area (TPSA) is 61.7 Å². The number of rotatable bonds is 6. The van der Waals surface area contributed by atoms with Crippen LogP contribution in [0.3, 0.4) is 0 Å². The molecule has 0 aliphatic carbocycles. The van der Waals surface area contributed by atoms with Gasteiger partial charge in [-0.3, -0.25) is 0 Å². The van der Waals surface area contributed by atoms with Gasteiger partial charge in [-0.1, -0.05) is 0 Å². The second-order valence-corrected chi connectivity index (χ2v) is 5.68. The lowest BCUT2D eigenvalue weighted by Crippen LogP contribution is -2.23. The van der Waals surface area contributed by atoms with Crippen molar-refractivity contribution in [3.05, 3.63) is 52.8 Å². The number of aliphatic hydroxyl groups excluding tert-OH is 2. The van der Waals surface area contributed by atoms with E-state index in [1.165, 1.54) is 6.92 Å². The van der Waals surface area contributed by atoms with E-state index < -0.39 is 47.7 Å². The molecule has 0 aromatic heterocycles. The van der Waals surface area contributed by atoms with Crippen molar-refractivity contribution in [2.24, 2.45) is 0 Å². The van der Waals surface area contributed by atoms with E-state index in [2.05, 4.69) is 5.32 Å². The van der Waals surface area contributed by atoms with Gasteiger partial charge in [-0.15, -0.1) is 0 Å². The summed E-state index contributed by atoms with van der Waals surface area (Å²) in [5.41, 5.74) is -1.60. The Morgan fingerprint density at radius 2 is 1.63 bits per heavy atom. The molecular formula is C17H15F6NO3. The highest BCUT2D eigenvalue weighted by atomic mass is 19.4. The summed E-state index contributed by atoms with van der Waals surface area (Å²) < 4.78 is 84.6. The van der Waals surface area contributed by atoms with Gasteiger partial charge in [-0.05, 0) is 30.7 Å². The van der Waals surface area contributed by atoms with Gasteiger partial charge in [-0.2, -0.15) is 13.2 Å². The number of alkyl halides is 3. The summed E-state index contributed by atoms with van der Waals surface area (Å²) in [6.45, 7) is 0.501. The van der Waals surface area contributed by atoms with Gasteiger partial charge in [0.25, 0.3) is 0 Å². The SMILES string of the molecule is Cc1cc(Oc2c(F)cc(C(F)(F)F)cc2F)c(NCC(O)CO)cc1F. The summed E-state index contributed by atoms with van der Waals surface area (Å²) in [7, 11) is 0. The van der Waals surface area contributed by atoms with E-state index in [0.29, 0.717) is 0 Å². The maximum absolute atomic E-state index is 14.0. The molecule has 0 fully saturated rings. The van der Waals surface area contributed by atoms with Gasteiger partial charge < -0.3 is 20.3 Å². The first-order valence-corrected chi connectivity index (χ1v) is 7.60. The van der Waals surface area contributed by atoms with Crippen molar-refractivity contribution >= 4 is 5.69 Å². The number of hydrogen-bond donors (Lipinski definition) is 3. The fourth-order valence-corrected chi connectivity index (χ4v) is 2.10. The number of aryl methyl sites for hydroxylation is 1. The molecule has 2 rings (SSSR count). The summed E-state index contributed by atoms with van der Waals surface area (Å²) in [6, 6.07) is 2.17. The highest BCUT2D eigenvalue weighted by Gasteiger charge is 2.33. The van der Waals surface area contributed by atoms with E-state index >= 15 is 0 Å². The molecule has 0 heterocycles. The normalized spacial score (nSPS) is 12.8. The number of hydrogen-bond acceptors (Lipinski definition) is 4. The summed E-state index contributed by atoms with van der Waals surface area (Å²) in [6.07, 6.45) is -6.15. The standard InChI is InChI=1S/C17H15F6NO3/c1-8-2-15(14(5-11(8)18)24-6-10(26)7-25)27-16-12(19)3-9(4-13(16)20)17(21,22)23/h2-5,10,24-26H,6-7H2,1H3. The quantitative estimate of drug-likeness (QED) is 0.648. The molecule has 0 bridgehead atoms. The molecule has 0 spiro atoms. The summed E-state index contributed by atoms with van der Waals surface area (Å²) in [5, 5.41) is 20.7. The molecule has 3 N–H and O–H groups in total. The first kappa shape index (κ1) is 20.8. The van der Waals surface area contributed by atoms with E-state index in [4.69, 9.17) is 9.84 Å². The molecule has 4 nitrogen and oxygen atoms in total. The average molecular weight is 395 g/mol. The van der Waals surface area contributed by atoms with Crippen LogP contribution in [0.5, 0.6) is 11.5 Å². The lowest BCUT2D eigenvalue weighted by Gasteiger charge is -2.17. The maximum atomic E-state index is 14.0. The van der Waals surface area contributed by atoms with Crippen LogP contribution in [0.15, 0.2) is 24.3 Å². The van der Waals surface area contributed by atoms with Crippen LogP contribution < -0.4 is 10.1 Å². The zero-order valence-electron chi connectivity index (χ0n) is 13.9. The van der Waals surface area contributed by atoms with E-state index in [-0.39, 0.29) is 35.7 Å². The third kappa shape index (κ3) is 5.04. The molecule has 0 radical (unpaired) electrons. The van der Waals surface area contributed by atoms with Crippen LogP contribution in [-0.2, 0) is 6.18 Å². The monoisotopic (exact) mass is 395 g/mol. The van der Waals surface area contributed by atoms with Crippen LogP contribution in [0.4, 0.5) is 32.0 Å². The van der Waals surface area contributed by atoms with Gasteiger partial charge in [0.15, 0.2) is 23.1 Å². The Morgan fingerprint density at radius 1 is 1.04 bits per heavy atom. The second-order valence-electron chi connectivity index (χ2n) is 5.68. The molecule has 1 unspecified atom stereocenters. The summed E-state index contributed by atoms with van der Waals surface area (Å²) >= 11 is 0. The van der Waals surface area contributed by atoms with Crippen LogP contribution in [0.25, 0.3) is 0 Å². The first-order valence-electron chi connectivity index (χ1n) is 7.60. The van der Waals surface area contributed by atoms with Crippen molar-refractivity contribution < 1.29 is 41.3 Å². The average Bonchev–Trinajstić information content (AvgIpc) is 2.58. The van der Waals surface area contributed by atoms with E-state index in [1.807, 2.05) is 0 Å². The van der Waals surface area contributed by atoms with Crippen molar-refractivity contribution in [1.29, 1.82) is 0 Å². The Kier molecular flexibility index (Phi) is 6.22. The van der Waals surface area contributed by atoms with Gasteiger partial charge in [0, 0.05) is 12.6 Å². The molecule has 27 heavy (non-hydrogen) atoms. The van der Waals surface area contributed by atoms with Gasteiger partial charge in [0.05, 0.1) is 24.0 Å². The molecule has 0 aliphatic rings. The number of halogens is 6. The van der Waals surface area contributed by atoms with Crippen molar-refractivity contribution in [1.82, 2.24) is 0 Å². The number of nitrogens with one attached hydrogen (secondary N) is 1. The predicted molar refractivity (Wildman–Crippen MR) is 84.2 cm³/mol. The number of benzene rings is 2. The fraction of sp³-hybridized carbons (Fsp3) is 0.294.